The van der Waals surface area contributed by atoms with Crippen molar-refractivity contribution in [3.8, 4) is 0 Å². The van der Waals surface area contributed by atoms with Gasteiger partial charge in [0.15, 0.2) is 0 Å². The maximum atomic E-state index is 13.5. The Balaban J connectivity index is 1.80. The third-order valence-corrected chi connectivity index (χ3v) is 6.56. The van der Waals surface area contributed by atoms with Crippen LogP contribution in [0.2, 0.25) is 5.02 Å². The molecule has 0 spiro atoms. The van der Waals surface area contributed by atoms with Crippen LogP contribution in [0, 0.1) is 11.8 Å². The Kier molecular flexibility index (Phi) is 6.05. The van der Waals surface area contributed by atoms with Crippen molar-refractivity contribution < 1.29 is 27.9 Å². The van der Waals surface area contributed by atoms with E-state index < -0.39 is 29.2 Å². The van der Waals surface area contributed by atoms with Crippen LogP contribution in [0.25, 0.3) is 5.70 Å². The molecule has 2 unspecified atom stereocenters. The molecule has 0 heterocycles. The van der Waals surface area contributed by atoms with Crippen molar-refractivity contribution >= 4 is 34.9 Å². The number of carboxylic acid groups (broad SMARTS) is 1. The highest BCUT2D eigenvalue weighted by molar-refractivity contribution is 6.34. The molecule has 4 rings (SSSR count). The molecule has 1 amide bonds. The highest BCUT2D eigenvalue weighted by Crippen LogP contribution is 2.46. The van der Waals surface area contributed by atoms with Crippen LogP contribution in [0.5, 0.6) is 0 Å². The number of hydrogen-bond acceptors (Lipinski definition) is 3. The summed E-state index contributed by atoms with van der Waals surface area (Å²) < 4.78 is 40.5. The van der Waals surface area contributed by atoms with E-state index in [0.717, 1.165) is 31.4 Å². The zero-order valence-electron chi connectivity index (χ0n) is 17.3. The Morgan fingerprint density at radius 1 is 1.06 bits per heavy atom. The molecule has 2 aliphatic rings. The van der Waals surface area contributed by atoms with Gasteiger partial charge in [-0.15, -0.1) is 0 Å². The molecule has 0 saturated heterocycles. The summed E-state index contributed by atoms with van der Waals surface area (Å²) in [7, 11) is 0. The van der Waals surface area contributed by atoms with E-state index in [1.54, 1.807) is 12.1 Å². The molecule has 0 radical (unpaired) electrons. The number of alkyl halides is 3. The van der Waals surface area contributed by atoms with Gasteiger partial charge in [-0.1, -0.05) is 29.8 Å². The van der Waals surface area contributed by atoms with Gasteiger partial charge < -0.3 is 10.8 Å². The monoisotopic (exact) mass is 476 g/mol. The fourth-order valence-electron chi connectivity index (χ4n) is 4.73. The number of aliphatic imine (C=N–C) groups is 1. The van der Waals surface area contributed by atoms with Crippen LogP contribution in [0.1, 0.15) is 57.5 Å². The first-order chi connectivity index (χ1) is 15.6. The molecule has 3 N–H and O–H groups in total. The Morgan fingerprint density at radius 3 is 2.36 bits per heavy atom. The predicted molar refractivity (Wildman–Crippen MR) is 118 cm³/mol. The number of allylic oxidation sites excluding steroid dienone is 1. The normalized spacial score (nSPS) is 23.0. The lowest BCUT2D eigenvalue weighted by Gasteiger charge is -2.26. The fourth-order valence-corrected chi connectivity index (χ4v) is 4.98. The van der Waals surface area contributed by atoms with Gasteiger partial charge in [-0.05, 0) is 67.3 Å². The summed E-state index contributed by atoms with van der Waals surface area (Å²) in [5.41, 5.74) is 6.65. The molecule has 2 saturated carbocycles. The molecule has 2 aliphatic carbocycles. The van der Waals surface area contributed by atoms with Gasteiger partial charge in [-0.3, -0.25) is 4.79 Å². The van der Waals surface area contributed by atoms with E-state index in [1.165, 1.54) is 18.2 Å². The van der Waals surface area contributed by atoms with Crippen LogP contribution >= 0.6 is 11.6 Å². The van der Waals surface area contributed by atoms with Crippen molar-refractivity contribution in [3.05, 3.63) is 75.3 Å². The standard InChI is InChI=1S/C24H20ClF3N2O3/c25-17-3-1-2-16(24(26,27)28)20(17)22(31)30-18-11-12-4-5-15(10-12)19(18)21(29)13-6-8-14(9-7-13)23(32)33/h1-3,6-9,12,15H,4-5,10-11,29H2,(H,32,33). The zero-order chi connectivity index (χ0) is 23.9. The topological polar surface area (TPSA) is 92.8 Å². The first kappa shape index (κ1) is 23.0. The summed E-state index contributed by atoms with van der Waals surface area (Å²) >= 11 is 5.98. The van der Waals surface area contributed by atoms with Crippen LogP contribution < -0.4 is 5.73 Å². The van der Waals surface area contributed by atoms with Crippen molar-refractivity contribution in [3.63, 3.8) is 0 Å². The SMILES string of the molecule is NC(=C1C(=NC(=O)c2c(Cl)cccc2C(F)(F)F)CC2CCC1C2)c1ccc(C(=O)O)cc1. The molecule has 172 valence electrons. The minimum atomic E-state index is -4.76. The lowest BCUT2D eigenvalue weighted by atomic mass is 9.81. The largest absolute Gasteiger partial charge is 0.478 e. The number of fused-ring (bicyclic) bond motifs is 2. The molecule has 0 aromatic heterocycles. The quantitative estimate of drug-likeness (QED) is 0.583. The molecule has 9 heteroatoms. The lowest BCUT2D eigenvalue weighted by molar-refractivity contribution is -0.137. The van der Waals surface area contributed by atoms with Gasteiger partial charge in [0.05, 0.1) is 27.4 Å². The van der Waals surface area contributed by atoms with E-state index in [-0.39, 0.29) is 22.4 Å². The lowest BCUT2D eigenvalue weighted by Crippen LogP contribution is -2.24. The number of carbonyl (C=O) groups is 2. The third kappa shape index (κ3) is 4.53. The number of benzene rings is 2. The van der Waals surface area contributed by atoms with Crippen LogP contribution in [0.4, 0.5) is 13.2 Å². The van der Waals surface area contributed by atoms with Crippen molar-refractivity contribution in [1.29, 1.82) is 0 Å². The smallest absolute Gasteiger partial charge is 0.417 e. The number of nitrogens with zero attached hydrogens (tertiary/aromatic N) is 1. The van der Waals surface area contributed by atoms with Crippen molar-refractivity contribution in [1.82, 2.24) is 0 Å². The van der Waals surface area contributed by atoms with E-state index >= 15 is 0 Å². The summed E-state index contributed by atoms with van der Waals surface area (Å²) in [5, 5.41) is 8.79. The molecule has 2 aromatic rings. The van der Waals surface area contributed by atoms with E-state index in [0.29, 0.717) is 29.0 Å². The van der Waals surface area contributed by atoms with Gasteiger partial charge in [-0.25, -0.2) is 9.79 Å². The minimum Gasteiger partial charge on any atom is -0.478 e. The summed E-state index contributed by atoms with van der Waals surface area (Å²) in [5.74, 6) is -1.82. The highest BCUT2D eigenvalue weighted by atomic mass is 35.5. The van der Waals surface area contributed by atoms with Crippen LogP contribution in [0.3, 0.4) is 0 Å². The van der Waals surface area contributed by atoms with Gasteiger partial charge in [0.1, 0.15) is 0 Å². The van der Waals surface area contributed by atoms with Gasteiger partial charge in [-0.2, -0.15) is 13.2 Å². The number of hydrogen-bond donors (Lipinski definition) is 2. The van der Waals surface area contributed by atoms with Gasteiger partial charge >= 0.3 is 12.1 Å². The molecule has 0 aliphatic heterocycles. The van der Waals surface area contributed by atoms with Crippen molar-refractivity contribution in [2.24, 2.45) is 22.6 Å². The second kappa shape index (κ2) is 8.67. The summed E-state index contributed by atoms with van der Waals surface area (Å²) in [6, 6.07) is 9.16. The maximum Gasteiger partial charge on any atom is 0.417 e. The molecular weight excluding hydrogens is 457 g/mol. The molecule has 5 nitrogen and oxygen atoms in total. The number of nitrogens with two attached hydrogens (primary N) is 1. The number of aromatic carboxylic acids is 1. The number of rotatable bonds is 3. The number of carboxylic acids is 1. The van der Waals surface area contributed by atoms with Crippen molar-refractivity contribution in [2.45, 2.75) is 31.9 Å². The first-order valence-electron chi connectivity index (χ1n) is 10.4. The molecule has 2 bridgehead atoms. The summed E-state index contributed by atoms with van der Waals surface area (Å²) in [6.07, 6.45) is -1.73. The fraction of sp³-hybridized carbons (Fsp3) is 0.292. The van der Waals surface area contributed by atoms with E-state index in [1.807, 2.05) is 0 Å². The Bertz CT molecular complexity index is 1190. The van der Waals surface area contributed by atoms with E-state index in [2.05, 4.69) is 4.99 Å². The Morgan fingerprint density at radius 2 is 1.73 bits per heavy atom. The number of halogens is 4. The van der Waals surface area contributed by atoms with Crippen molar-refractivity contribution in [2.75, 3.05) is 0 Å². The minimum absolute atomic E-state index is 0.0304. The summed E-state index contributed by atoms with van der Waals surface area (Å²) in [6.45, 7) is 0. The number of carbonyl (C=O) groups excluding carboxylic acids is 1. The molecule has 2 fully saturated rings. The van der Waals surface area contributed by atoms with E-state index in [4.69, 9.17) is 22.4 Å². The average Bonchev–Trinajstić information content (AvgIpc) is 3.14. The predicted octanol–water partition coefficient (Wildman–Crippen LogP) is 5.83. The van der Waals surface area contributed by atoms with Crippen LogP contribution in [-0.4, -0.2) is 22.7 Å². The molecular formula is C24H20ClF3N2O3. The first-order valence-corrected chi connectivity index (χ1v) is 10.8. The molecule has 2 atom stereocenters. The molecule has 33 heavy (non-hydrogen) atoms. The second-order valence-corrected chi connectivity index (χ2v) is 8.72. The third-order valence-electron chi connectivity index (χ3n) is 6.24. The molecule has 2 aromatic carbocycles. The Hall–Kier alpha value is -3.13. The average molecular weight is 477 g/mol. The van der Waals surface area contributed by atoms with E-state index in [9.17, 15) is 22.8 Å². The van der Waals surface area contributed by atoms with Gasteiger partial charge in [0.2, 0.25) is 0 Å². The maximum absolute atomic E-state index is 13.5. The summed E-state index contributed by atoms with van der Waals surface area (Å²) in [4.78, 5) is 28.2. The second-order valence-electron chi connectivity index (χ2n) is 8.31. The highest BCUT2D eigenvalue weighted by Gasteiger charge is 2.39. The van der Waals surface area contributed by atoms with Gasteiger partial charge in [0.25, 0.3) is 5.91 Å². The van der Waals surface area contributed by atoms with Gasteiger partial charge in [0, 0.05) is 11.3 Å². The Labute approximate surface area is 192 Å². The number of amides is 1. The van der Waals surface area contributed by atoms with Crippen LogP contribution in [-0.2, 0) is 6.18 Å². The van der Waals surface area contributed by atoms with Crippen LogP contribution in [0.15, 0.2) is 53.0 Å². The zero-order valence-corrected chi connectivity index (χ0v) is 18.1.